The fourth-order valence-electron chi connectivity index (χ4n) is 1.83. The van der Waals surface area contributed by atoms with E-state index in [4.69, 9.17) is 9.47 Å². The predicted molar refractivity (Wildman–Crippen MR) is 68.7 cm³/mol. The van der Waals surface area contributed by atoms with Crippen LogP contribution in [0.15, 0.2) is 24.8 Å². The van der Waals surface area contributed by atoms with E-state index in [2.05, 4.69) is 6.58 Å². The Labute approximate surface area is 103 Å². The number of ether oxygens (including phenoxy) is 2. The second-order valence-corrected chi connectivity index (χ2v) is 3.79. The lowest BCUT2D eigenvalue weighted by Gasteiger charge is -2.19. The Morgan fingerprint density at radius 2 is 2.18 bits per heavy atom. The number of aliphatic hydroxyl groups is 1. The topological polar surface area (TPSA) is 38.7 Å². The smallest absolute Gasteiger partial charge is 0.165 e. The summed E-state index contributed by atoms with van der Waals surface area (Å²) >= 11 is 0. The van der Waals surface area contributed by atoms with Gasteiger partial charge in [0.25, 0.3) is 0 Å². The molecule has 94 valence electrons. The molecule has 0 aliphatic rings. The average molecular weight is 236 g/mol. The molecule has 0 spiro atoms. The zero-order valence-electron chi connectivity index (χ0n) is 10.7. The Morgan fingerprint density at radius 1 is 1.47 bits per heavy atom. The third-order valence-electron chi connectivity index (χ3n) is 2.74. The van der Waals surface area contributed by atoms with E-state index in [0.717, 1.165) is 11.1 Å². The van der Waals surface area contributed by atoms with Crippen molar-refractivity contribution in [3.63, 3.8) is 0 Å². The van der Waals surface area contributed by atoms with Gasteiger partial charge >= 0.3 is 0 Å². The minimum Gasteiger partial charge on any atom is -0.493 e. The minimum atomic E-state index is -0.0163. The molecule has 0 amide bonds. The van der Waals surface area contributed by atoms with E-state index in [1.54, 1.807) is 7.11 Å². The van der Waals surface area contributed by atoms with Crippen LogP contribution in [-0.2, 0) is 6.61 Å². The number of benzene rings is 1. The van der Waals surface area contributed by atoms with Crippen LogP contribution in [-0.4, -0.2) is 18.8 Å². The number of methoxy groups -OCH3 is 1. The number of hydrogen-bond acceptors (Lipinski definition) is 3. The first-order valence-electron chi connectivity index (χ1n) is 5.75. The molecule has 0 saturated heterocycles. The monoisotopic (exact) mass is 236 g/mol. The molecule has 0 saturated carbocycles. The molecule has 0 aliphatic heterocycles. The van der Waals surface area contributed by atoms with Gasteiger partial charge in [-0.2, -0.15) is 0 Å². The van der Waals surface area contributed by atoms with Gasteiger partial charge in [0.1, 0.15) is 0 Å². The Bertz CT molecular complexity index is 385. The molecule has 0 heterocycles. The lowest BCUT2D eigenvalue weighted by molar-refractivity contribution is 0.274. The summed E-state index contributed by atoms with van der Waals surface area (Å²) in [7, 11) is 1.61. The fourth-order valence-corrected chi connectivity index (χ4v) is 1.83. The summed E-state index contributed by atoms with van der Waals surface area (Å²) in [5.74, 6) is 1.50. The van der Waals surface area contributed by atoms with Crippen LogP contribution in [0.3, 0.4) is 0 Å². The van der Waals surface area contributed by atoms with Crippen LogP contribution in [0.25, 0.3) is 0 Å². The van der Waals surface area contributed by atoms with Crippen LogP contribution in [0.5, 0.6) is 11.5 Å². The molecule has 1 rings (SSSR count). The summed E-state index contributed by atoms with van der Waals surface area (Å²) in [5, 5.41) is 9.39. The number of aliphatic hydroxyl groups excluding tert-OH is 1. The third kappa shape index (κ3) is 2.80. The molecule has 3 nitrogen and oxygen atoms in total. The van der Waals surface area contributed by atoms with E-state index in [-0.39, 0.29) is 12.5 Å². The van der Waals surface area contributed by atoms with Crippen LogP contribution >= 0.6 is 0 Å². The summed E-state index contributed by atoms with van der Waals surface area (Å²) in [6.45, 7) is 8.27. The molecule has 1 atom stereocenters. The van der Waals surface area contributed by atoms with Crippen LogP contribution < -0.4 is 9.47 Å². The molecule has 1 N–H and O–H groups in total. The normalized spacial score (nSPS) is 12.0. The SMILES string of the molecule is C=CC(C)c1c(CO)ccc(OC)c1OCC. The highest BCUT2D eigenvalue weighted by Gasteiger charge is 2.18. The Hall–Kier alpha value is -1.48. The van der Waals surface area contributed by atoms with Crippen molar-refractivity contribution >= 4 is 0 Å². The van der Waals surface area contributed by atoms with Gasteiger partial charge < -0.3 is 14.6 Å². The molecule has 0 bridgehead atoms. The van der Waals surface area contributed by atoms with Crippen molar-refractivity contribution in [1.82, 2.24) is 0 Å². The lowest BCUT2D eigenvalue weighted by Crippen LogP contribution is -2.05. The van der Waals surface area contributed by atoms with Gasteiger partial charge in [0, 0.05) is 11.5 Å². The summed E-state index contributed by atoms with van der Waals surface area (Å²) < 4.78 is 10.9. The molecular weight excluding hydrogens is 216 g/mol. The average Bonchev–Trinajstić information content (AvgIpc) is 2.37. The van der Waals surface area contributed by atoms with Gasteiger partial charge in [-0.15, -0.1) is 6.58 Å². The van der Waals surface area contributed by atoms with Crippen molar-refractivity contribution in [2.45, 2.75) is 26.4 Å². The summed E-state index contributed by atoms with van der Waals surface area (Å²) in [6.07, 6.45) is 1.83. The number of rotatable bonds is 6. The van der Waals surface area contributed by atoms with Crippen LogP contribution in [0.1, 0.15) is 30.9 Å². The molecule has 1 unspecified atom stereocenters. The first-order chi connectivity index (χ1) is 8.19. The second kappa shape index (κ2) is 6.30. The highest BCUT2D eigenvalue weighted by Crippen LogP contribution is 2.38. The van der Waals surface area contributed by atoms with E-state index in [1.165, 1.54) is 0 Å². The van der Waals surface area contributed by atoms with E-state index < -0.39 is 0 Å². The highest BCUT2D eigenvalue weighted by molar-refractivity contribution is 5.53. The van der Waals surface area contributed by atoms with Crippen molar-refractivity contribution in [2.24, 2.45) is 0 Å². The number of hydrogen-bond donors (Lipinski definition) is 1. The Kier molecular flexibility index (Phi) is 5.04. The van der Waals surface area contributed by atoms with Gasteiger partial charge in [0.2, 0.25) is 0 Å². The van der Waals surface area contributed by atoms with E-state index in [0.29, 0.717) is 18.1 Å². The predicted octanol–water partition coefficient (Wildman–Crippen LogP) is 2.88. The van der Waals surface area contributed by atoms with Crippen molar-refractivity contribution < 1.29 is 14.6 Å². The maximum absolute atomic E-state index is 9.39. The molecule has 17 heavy (non-hydrogen) atoms. The molecular formula is C14H20O3. The first kappa shape index (κ1) is 13.6. The molecule has 0 fully saturated rings. The summed E-state index contributed by atoms with van der Waals surface area (Å²) in [6, 6.07) is 3.67. The van der Waals surface area contributed by atoms with Crippen molar-refractivity contribution in [3.8, 4) is 11.5 Å². The van der Waals surface area contributed by atoms with Gasteiger partial charge in [-0.3, -0.25) is 0 Å². The summed E-state index contributed by atoms with van der Waals surface area (Å²) in [4.78, 5) is 0. The van der Waals surface area contributed by atoms with Gasteiger partial charge in [-0.25, -0.2) is 0 Å². The Morgan fingerprint density at radius 3 is 2.65 bits per heavy atom. The van der Waals surface area contributed by atoms with Crippen LogP contribution in [0, 0.1) is 0 Å². The zero-order chi connectivity index (χ0) is 12.8. The summed E-state index contributed by atoms with van der Waals surface area (Å²) in [5.41, 5.74) is 1.80. The standard InChI is InChI=1S/C14H20O3/c1-5-10(3)13-11(9-15)7-8-12(16-4)14(13)17-6-2/h5,7-8,10,15H,1,6,9H2,2-4H3. The molecule has 0 aliphatic carbocycles. The fraction of sp³-hybridized carbons (Fsp3) is 0.429. The highest BCUT2D eigenvalue weighted by atomic mass is 16.5. The van der Waals surface area contributed by atoms with Crippen LogP contribution in [0.2, 0.25) is 0 Å². The zero-order valence-corrected chi connectivity index (χ0v) is 10.7. The lowest BCUT2D eigenvalue weighted by atomic mass is 9.94. The quantitative estimate of drug-likeness (QED) is 0.772. The maximum atomic E-state index is 9.39. The molecule has 1 aromatic carbocycles. The molecule has 0 radical (unpaired) electrons. The molecule has 3 heteroatoms. The number of allylic oxidation sites excluding steroid dienone is 1. The third-order valence-corrected chi connectivity index (χ3v) is 2.74. The molecule has 0 aromatic heterocycles. The minimum absolute atomic E-state index is 0.0163. The first-order valence-corrected chi connectivity index (χ1v) is 5.75. The van der Waals surface area contributed by atoms with Gasteiger partial charge in [-0.1, -0.05) is 19.1 Å². The van der Waals surface area contributed by atoms with Crippen molar-refractivity contribution in [2.75, 3.05) is 13.7 Å². The van der Waals surface area contributed by atoms with Gasteiger partial charge in [0.15, 0.2) is 11.5 Å². The molecule has 1 aromatic rings. The van der Waals surface area contributed by atoms with Crippen LogP contribution in [0.4, 0.5) is 0 Å². The van der Waals surface area contributed by atoms with Crippen molar-refractivity contribution in [3.05, 3.63) is 35.9 Å². The van der Waals surface area contributed by atoms with E-state index in [9.17, 15) is 5.11 Å². The van der Waals surface area contributed by atoms with E-state index >= 15 is 0 Å². The van der Waals surface area contributed by atoms with Crippen molar-refractivity contribution in [1.29, 1.82) is 0 Å². The Balaban J connectivity index is 3.40. The van der Waals surface area contributed by atoms with Gasteiger partial charge in [0.05, 0.1) is 20.3 Å². The van der Waals surface area contributed by atoms with Gasteiger partial charge in [-0.05, 0) is 18.6 Å². The largest absolute Gasteiger partial charge is 0.493 e. The van der Waals surface area contributed by atoms with E-state index in [1.807, 2.05) is 32.1 Å². The second-order valence-electron chi connectivity index (χ2n) is 3.79. The maximum Gasteiger partial charge on any atom is 0.165 e.